The molecule has 1 rings (SSSR count). The molecule has 0 aliphatic carbocycles. The van der Waals surface area contributed by atoms with Crippen LogP contribution in [0.15, 0.2) is 18.2 Å². The maximum absolute atomic E-state index is 11.3. The van der Waals surface area contributed by atoms with Gasteiger partial charge in [-0.1, -0.05) is 31.9 Å². The molecule has 4 heteroatoms. The largest absolute Gasteiger partial charge is 0.504 e. The van der Waals surface area contributed by atoms with E-state index in [2.05, 4.69) is 6.92 Å². The van der Waals surface area contributed by atoms with Crippen molar-refractivity contribution < 1.29 is 19.7 Å². The van der Waals surface area contributed by atoms with Crippen LogP contribution in [-0.2, 0) is 16.0 Å². The molecule has 0 radical (unpaired) electrons. The lowest BCUT2D eigenvalue weighted by Gasteiger charge is -2.07. The summed E-state index contributed by atoms with van der Waals surface area (Å²) in [6, 6.07) is 4.87. The van der Waals surface area contributed by atoms with Crippen molar-refractivity contribution >= 4 is 5.97 Å². The zero-order chi connectivity index (χ0) is 14.1. The summed E-state index contributed by atoms with van der Waals surface area (Å²) in [5.74, 6) is -0.362. The summed E-state index contributed by atoms with van der Waals surface area (Å²) in [4.78, 5) is 11.3. The van der Waals surface area contributed by atoms with Gasteiger partial charge < -0.3 is 14.9 Å². The van der Waals surface area contributed by atoms with Gasteiger partial charge in [-0.15, -0.1) is 0 Å². The highest BCUT2D eigenvalue weighted by Gasteiger charge is 2.06. The van der Waals surface area contributed by atoms with Crippen LogP contribution in [0.3, 0.4) is 0 Å². The summed E-state index contributed by atoms with van der Waals surface area (Å²) in [7, 11) is 0. The number of hydrogen-bond acceptors (Lipinski definition) is 4. The van der Waals surface area contributed by atoms with Crippen molar-refractivity contribution in [1.82, 2.24) is 0 Å². The van der Waals surface area contributed by atoms with Gasteiger partial charge in [0, 0.05) is 6.42 Å². The first-order chi connectivity index (χ1) is 9.15. The molecule has 2 N–H and O–H groups in total. The fraction of sp³-hybridized carbons (Fsp3) is 0.533. The maximum atomic E-state index is 11.3. The molecule has 1 aromatic rings. The topological polar surface area (TPSA) is 66.8 Å². The first kappa shape index (κ1) is 15.3. The Morgan fingerprint density at radius 2 is 2.00 bits per heavy atom. The van der Waals surface area contributed by atoms with Crippen molar-refractivity contribution in [2.75, 3.05) is 6.61 Å². The van der Waals surface area contributed by atoms with Gasteiger partial charge in [0.25, 0.3) is 0 Å². The van der Waals surface area contributed by atoms with Crippen LogP contribution in [0.2, 0.25) is 0 Å². The summed E-state index contributed by atoms with van der Waals surface area (Å²) in [5.41, 5.74) is 0.669. The second kappa shape index (κ2) is 8.40. The lowest BCUT2D eigenvalue weighted by molar-refractivity contribution is -0.143. The predicted octanol–water partition coefficient (Wildman–Crippen LogP) is 3.15. The van der Waals surface area contributed by atoms with E-state index in [-0.39, 0.29) is 17.5 Å². The highest BCUT2D eigenvalue weighted by atomic mass is 16.5. The Morgan fingerprint density at radius 1 is 1.21 bits per heavy atom. The zero-order valence-corrected chi connectivity index (χ0v) is 11.4. The van der Waals surface area contributed by atoms with E-state index in [4.69, 9.17) is 4.74 Å². The standard InChI is InChI=1S/C15H22O4/c1-2-3-4-10-14(17)19-11-6-8-12-7-5-9-13(16)15(12)18/h5,7,9,16,18H,2-4,6,8,10-11H2,1H3. The van der Waals surface area contributed by atoms with E-state index in [1.165, 1.54) is 6.07 Å². The number of esters is 1. The number of benzene rings is 1. The molecule has 106 valence electrons. The zero-order valence-electron chi connectivity index (χ0n) is 11.4. The van der Waals surface area contributed by atoms with Gasteiger partial charge in [0.05, 0.1) is 6.61 Å². The quantitative estimate of drug-likeness (QED) is 0.431. The molecule has 0 aliphatic heterocycles. The van der Waals surface area contributed by atoms with Gasteiger partial charge in [-0.25, -0.2) is 0 Å². The molecule has 0 atom stereocenters. The molecule has 0 saturated carbocycles. The van der Waals surface area contributed by atoms with Crippen LogP contribution in [0.25, 0.3) is 0 Å². The van der Waals surface area contributed by atoms with Gasteiger partial charge in [-0.3, -0.25) is 4.79 Å². The summed E-state index contributed by atoms with van der Waals surface area (Å²) < 4.78 is 5.10. The van der Waals surface area contributed by atoms with E-state index in [1.807, 2.05) is 0 Å². The van der Waals surface area contributed by atoms with E-state index in [0.29, 0.717) is 31.4 Å². The minimum atomic E-state index is -0.159. The number of rotatable bonds is 8. The molecule has 0 unspecified atom stereocenters. The predicted molar refractivity (Wildman–Crippen MR) is 73.2 cm³/mol. The summed E-state index contributed by atoms with van der Waals surface area (Å²) >= 11 is 0. The Balaban J connectivity index is 2.20. The number of unbranched alkanes of at least 4 members (excludes halogenated alkanes) is 2. The van der Waals surface area contributed by atoms with Crippen molar-refractivity contribution in [3.63, 3.8) is 0 Å². The van der Waals surface area contributed by atoms with Gasteiger partial charge >= 0.3 is 5.97 Å². The maximum Gasteiger partial charge on any atom is 0.305 e. The molecule has 19 heavy (non-hydrogen) atoms. The highest BCUT2D eigenvalue weighted by Crippen LogP contribution is 2.28. The van der Waals surface area contributed by atoms with Crippen molar-refractivity contribution in [1.29, 1.82) is 0 Å². The average Bonchev–Trinajstić information content (AvgIpc) is 2.39. The molecule has 0 heterocycles. The van der Waals surface area contributed by atoms with Crippen LogP contribution < -0.4 is 0 Å². The molecule has 0 saturated heterocycles. The van der Waals surface area contributed by atoms with Crippen LogP contribution in [0.1, 0.15) is 44.6 Å². The molecular formula is C15H22O4. The Bertz CT molecular complexity index is 401. The van der Waals surface area contributed by atoms with Crippen molar-refractivity contribution in [3.05, 3.63) is 23.8 Å². The number of aromatic hydroxyl groups is 2. The Hall–Kier alpha value is -1.71. The van der Waals surface area contributed by atoms with E-state index in [0.717, 1.165) is 19.3 Å². The molecular weight excluding hydrogens is 244 g/mol. The summed E-state index contributed by atoms with van der Waals surface area (Å²) in [6.07, 6.45) is 4.70. The lowest BCUT2D eigenvalue weighted by atomic mass is 10.1. The highest BCUT2D eigenvalue weighted by molar-refractivity contribution is 5.69. The van der Waals surface area contributed by atoms with Crippen LogP contribution in [0.4, 0.5) is 0 Å². The minimum Gasteiger partial charge on any atom is -0.504 e. The summed E-state index contributed by atoms with van der Waals surface area (Å²) in [5, 5.41) is 18.9. The number of aryl methyl sites for hydroxylation is 1. The Labute approximate surface area is 114 Å². The molecule has 0 bridgehead atoms. The molecule has 0 aliphatic rings. The Kier molecular flexibility index (Phi) is 6.79. The smallest absolute Gasteiger partial charge is 0.305 e. The molecule has 0 fully saturated rings. The third-order valence-corrected chi connectivity index (χ3v) is 2.94. The fourth-order valence-electron chi connectivity index (χ4n) is 1.82. The SMILES string of the molecule is CCCCCC(=O)OCCCc1cccc(O)c1O. The van der Waals surface area contributed by atoms with E-state index < -0.39 is 0 Å². The van der Waals surface area contributed by atoms with Crippen molar-refractivity contribution in [3.8, 4) is 11.5 Å². The fourth-order valence-corrected chi connectivity index (χ4v) is 1.82. The third-order valence-electron chi connectivity index (χ3n) is 2.94. The molecule has 0 spiro atoms. The van der Waals surface area contributed by atoms with Gasteiger partial charge in [-0.2, -0.15) is 0 Å². The minimum absolute atomic E-state index is 0.0863. The van der Waals surface area contributed by atoms with Gasteiger partial charge in [0.1, 0.15) is 0 Å². The van der Waals surface area contributed by atoms with Gasteiger partial charge in [0.15, 0.2) is 11.5 Å². The van der Waals surface area contributed by atoms with Gasteiger partial charge in [0.2, 0.25) is 0 Å². The number of ether oxygens (including phenoxy) is 1. The Morgan fingerprint density at radius 3 is 2.74 bits per heavy atom. The summed E-state index contributed by atoms with van der Waals surface area (Å²) in [6.45, 7) is 2.44. The van der Waals surface area contributed by atoms with E-state index in [1.54, 1.807) is 12.1 Å². The molecule has 4 nitrogen and oxygen atoms in total. The second-order valence-electron chi connectivity index (χ2n) is 4.57. The first-order valence-corrected chi connectivity index (χ1v) is 6.80. The first-order valence-electron chi connectivity index (χ1n) is 6.80. The number of phenolic OH excluding ortho intramolecular Hbond substituents is 2. The van der Waals surface area contributed by atoms with Crippen molar-refractivity contribution in [2.45, 2.75) is 45.4 Å². The number of hydrogen-bond donors (Lipinski definition) is 2. The van der Waals surface area contributed by atoms with Gasteiger partial charge in [-0.05, 0) is 30.9 Å². The molecule has 1 aromatic carbocycles. The number of carbonyl (C=O) groups is 1. The second-order valence-corrected chi connectivity index (χ2v) is 4.57. The monoisotopic (exact) mass is 266 g/mol. The third kappa shape index (κ3) is 5.64. The van der Waals surface area contributed by atoms with E-state index in [9.17, 15) is 15.0 Å². The van der Waals surface area contributed by atoms with Crippen LogP contribution in [0.5, 0.6) is 11.5 Å². The number of carbonyl (C=O) groups excluding carboxylic acids is 1. The van der Waals surface area contributed by atoms with Crippen LogP contribution in [-0.4, -0.2) is 22.8 Å². The molecule has 0 aromatic heterocycles. The van der Waals surface area contributed by atoms with E-state index >= 15 is 0 Å². The van der Waals surface area contributed by atoms with Crippen LogP contribution in [0, 0.1) is 0 Å². The van der Waals surface area contributed by atoms with Crippen LogP contribution >= 0.6 is 0 Å². The number of para-hydroxylation sites is 1. The lowest BCUT2D eigenvalue weighted by Crippen LogP contribution is -2.06. The molecule has 0 amide bonds. The number of phenols is 2. The normalized spacial score (nSPS) is 10.4. The van der Waals surface area contributed by atoms with Crippen molar-refractivity contribution in [2.24, 2.45) is 0 Å². The average molecular weight is 266 g/mol.